The van der Waals surface area contributed by atoms with Crippen LogP contribution in [0.25, 0.3) is 0 Å². The van der Waals surface area contributed by atoms with Crippen LogP contribution < -0.4 is 5.73 Å². The van der Waals surface area contributed by atoms with E-state index >= 15 is 0 Å². The van der Waals surface area contributed by atoms with E-state index in [1.807, 2.05) is 0 Å². The summed E-state index contributed by atoms with van der Waals surface area (Å²) in [5.41, 5.74) is 6.05. The third-order valence-electron chi connectivity index (χ3n) is 2.23. The van der Waals surface area contributed by atoms with Crippen molar-refractivity contribution in [3.8, 4) is 0 Å². The number of aryl methyl sites for hydroxylation is 1. The number of rotatable bonds is 2. The van der Waals surface area contributed by atoms with Gasteiger partial charge in [-0.25, -0.2) is 4.39 Å². The van der Waals surface area contributed by atoms with Crippen LogP contribution in [0.3, 0.4) is 0 Å². The molecule has 82 valence electrons. The second-order valence-electron chi connectivity index (χ2n) is 3.47. The summed E-state index contributed by atoms with van der Waals surface area (Å²) in [6, 6.07) is 4.00. The van der Waals surface area contributed by atoms with E-state index in [-0.39, 0.29) is 17.0 Å². The summed E-state index contributed by atoms with van der Waals surface area (Å²) in [5.74, 6) is -0.859. The van der Waals surface area contributed by atoms with Gasteiger partial charge in [-0.05, 0) is 18.2 Å². The van der Waals surface area contributed by atoms with Crippen LogP contribution in [-0.2, 0) is 7.05 Å². The highest BCUT2D eigenvalue weighted by atomic mass is 19.1. The van der Waals surface area contributed by atoms with Crippen molar-refractivity contribution in [3.63, 3.8) is 0 Å². The van der Waals surface area contributed by atoms with Crippen LogP contribution in [0.15, 0.2) is 30.6 Å². The smallest absolute Gasteiger partial charge is 0.196 e. The quantitative estimate of drug-likeness (QED) is 0.613. The molecule has 2 rings (SSSR count). The number of nitrogens with zero attached hydrogens (tertiary/aromatic N) is 2. The Labute approximate surface area is 91.5 Å². The average molecular weight is 219 g/mol. The van der Waals surface area contributed by atoms with Gasteiger partial charge < -0.3 is 5.73 Å². The number of hydrogen-bond acceptors (Lipinski definition) is 3. The topological polar surface area (TPSA) is 60.9 Å². The standard InChI is InChI=1S/C11H10FN3O/c1-15-6-8(5-14-15)11(16)7-2-3-10(13)9(12)4-7/h2-6H,13H2,1H3. The fourth-order valence-electron chi connectivity index (χ4n) is 1.37. The van der Waals surface area contributed by atoms with E-state index in [2.05, 4.69) is 5.10 Å². The molecule has 0 aliphatic heterocycles. The Morgan fingerprint density at radius 1 is 1.44 bits per heavy atom. The minimum absolute atomic E-state index is 0.0303. The number of carbonyl (C=O) groups is 1. The third-order valence-corrected chi connectivity index (χ3v) is 2.23. The number of aromatic nitrogens is 2. The van der Waals surface area contributed by atoms with Crippen LogP contribution in [-0.4, -0.2) is 15.6 Å². The summed E-state index contributed by atoms with van der Waals surface area (Å²) in [6.07, 6.45) is 3.02. The first-order valence-electron chi connectivity index (χ1n) is 4.66. The molecule has 0 aliphatic carbocycles. The molecule has 4 nitrogen and oxygen atoms in total. The van der Waals surface area contributed by atoms with E-state index in [0.717, 1.165) is 6.07 Å². The Morgan fingerprint density at radius 3 is 2.75 bits per heavy atom. The fourth-order valence-corrected chi connectivity index (χ4v) is 1.37. The van der Waals surface area contributed by atoms with Crippen molar-refractivity contribution >= 4 is 11.5 Å². The summed E-state index contributed by atoms with van der Waals surface area (Å²) in [5, 5.41) is 3.88. The highest BCUT2D eigenvalue weighted by Crippen LogP contribution is 2.15. The van der Waals surface area contributed by atoms with Gasteiger partial charge in [-0.3, -0.25) is 9.48 Å². The van der Waals surface area contributed by atoms with Crippen molar-refractivity contribution in [2.24, 2.45) is 7.05 Å². The highest BCUT2D eigenvalue weighted by Gasteiger charge is 2.12. The molecule has 0 saturated heterocycles. The van der Waals surface area contributed by atoms with Crippen LogP contribution in [0, 0.1) is 5.82 Å². The van der Waals surface area contributed by atoms with Gasteiger partial charge in [0.05, 0.1) is 17.4 Å². The molecule has 0 radical (unpaired) electrons. The number of nitrogen functional groups attached to an aromatic ring is 1. The number of ketones is 1. The molecule has 0 unspecified atom stereocenters. The van der Waals surface area contributed by atoms with Crippen molar-refractivity contribution in [2.75, 3.05) is 5.73 Å². The Morgan fingerprint density at radius 2 is 2.19 bits per heavy atom. The molecule has 0 aliphatic rings. The zero-order chi connectivity index (χ0) is 11.7. The van der Waals surface area contributed by atoms with Crippen molar-refractivity contribution in [3.05, 3.63) is 47.5 Å². The van der Waals surface area contributed by atoms with E-state index in [1.165, 1.54) is 23.0 Å². The minimum atomic E-state index is -0.588. The van der Waals surface area contributed by atoms with Crippen LogP contribution in [0.1, 0.15) is 15.9 Å². The summed E-state index contributed by atoms with van der Waals surface area (Å²) in [7, 11) is 1.71. The second-order valence-corrected chi connectivity index (χ2v) is 3.47. The molecule has 0 amide bonds. The maximum absolute atomic E-state index is 13.2. The molecule has 5 heteroatoms. The van der Waals surface area contributed by atoms with E-state index in [4.69, 9.17) is 5.73 Å². The minimum Gasteiger partial charge on any atom is -0.396 e. The Balaban J connectivity index is 2.38. The molecule has 16 heavy (non-hydrogen) atoms. The number of benzene rings is 1. The molecule has 0 spiro atoms. The molecule has 0 atom stereocenters. The predicted molar refractivity (Wildman–Crippen MR) is 57.5 cm³/mol. The van der Waals surface area contributed by atoms with Crippen molar-refractivity contribution < 1.29 is 9.18 Å². The molecule has 2 aromatic rings. The van der Waals surface area contributed by atoms with Gasteiger partial charge in [0, 0.05) is 18.8 Å². The third kappa shape index (κ3) is 1.79. The second kappa shape index (κ2) is 3.77. The average Bonchev–Trinajstić information content (AvgIpc) is 2.68. The molecule has 1 aromatic carbocycles. The van der Waals surface area contributed by atoms with E-state index in [9.17, 15) is 9.18 Å². The van der Waals surface area contributed by atoms with Crippen molar-refractivity contribution in [1.29, 1.82) is 0 Å². The van der Waals surface area contributed by atoms with Crippen molar-refractivity contribution in [1.82, 2.24) is 9.78 Å². The van der Waals surface area contributed by atoms with Crippen LogP contribution >= 0.6 is 0 Å². The van der Waals surface area contributed by atoms with Crippen LogP contribution in [0.4, 0.5) is 10.1 Å². The van der Waals surface area contributed by atoms with Gasteiger partial charge in [-0.1, -0.05) is 0 Å². The molecule has 1 heterocycles. The van der Waals surface area contributed by atoms with E-state index in [0.29, 0.717) is 5.56 Å². The van der Waals surface area contributed by atoms with E-state index in [1.54, 1.807) is 13.2 Å². The number of nitrogens with two attached hydrogens (primary N) is 1. The molecule has 1 aromatic heterocycles. The molecule has 0 saturated carbocycles. The van der Waals surface area contributed by atoms with Gasteiger partial charge in [-0.15, -0.1) is 0 Å². The van der Waals surface area contributed by atoms with Gasteiger partial charge in [0.1, 0.15) is 5.82 Å². The lowest BCUT2D eigenvalue weighted by atomic mass is 10.1. The summed E-state index contributed by atoms with van der Waals surface area (Å²) in [4.78, 5) is 11.9. The number of carbonyl (C=O) groups excluding carboxylic acids is 1. The Hall–Kier alpha value is -2.17. The molecule has 0 fully saturated rings. The number of hydrogen-bond donors (Lipinski definition) is 1. The normalized spacial score (nSPS) is 10.4. The maximum atomic E-state index is 13.2. The zero-order valence-electron chi connectivity index (χ0n) is 8.64. The summed E-state index contributed by atoms with van der Waals surface area (Å²) >= 11 is 0. The van der Waals surface area contributed by atoms with Gasteiger partial charge in [-0.2, -0.15) is 5.10 Å². The highest BCUT2D eigenvalue weighted by molar-refractivity contribution is 6.08. The lowest BCUT2D eigenvalue weighted by Gasteiger charge is -2.00. The number of halogens is 1. The lowest BCUT2D eigenvalue weighted by Crippen LogP contribution is -2.02. The van der Waals surface area contributed by atoms with Gasteiger partial charge in [0.25, 0.3) is 0 Å². The van der Waals surface area contributed by atoms with Gasteiger partial charge in [0.2, 0.25) is 0 Å². The van der Waals surface area contributed by atoms with Gasteiger partial charge in [0.15, 0.2) is 5.78 Å². The Bertz CT molecular complexity index is 548. The monoisotopic (exact) mass is 219 g/mol. The first-order chi connectivity index (χ1) is 7.58. The number of anilines is 1. The first-order valence-corrected chi connectivity index (χ1v) is 4.66. The SMILES string of the molecule is Cn1cc(C(=O)c2ccc(N)c(F)c2)cn1. The predicted octanol–water partition coefficient (Wildman–Crippen LogP) is 1.37. The largest absolute Gasteiger partial charge is 0.396 e. The van der Waals surface area contributed by atoms with Crippen LogP contribution in [0.5, 0.6) is 0 Å². The summed E-state index contributed by atoms with van der Waals surface area (Å²) in [6.45, 7) is 0. The van der Waals surface area contributed by atoms with E-state index < -0.39 is 5.82 Å². The molecule has 0 bridgehead atoms. The fraction of sp³-hybridized carbons (Fsp3) is 0.0909. The maximum Gasteiger partial charge on any atom is 0.196 e. The first kappa shape index (κ1) is 10.4. The molecule has 2 N–H and O–H groups in total. The molecular formula is C11H10FN3O. The lowest BCUT2D eigenvalue weighted by molar-refractivity contribution is 0.103. The van der Waals surface area contributed by atoms with Crippen molar-refractivity contribution in [2.45, 2.75) is 0 Å². The molecular weight excluding hydrogens is 209 g/mol. The van der Waals surface area contributed by atoms with Crippen LogP contribution in [0.2, 0.25) is 0 Å². The van der Waals surface area contributed by atoms with Gasteiger partial charge >= 0.3 is 0 Å². The zero-order valence-corrected chi connectivity index (χ0v) is 8.64. The summed E-state index contributed by atoms with van der Waals surface area (Å²) < 4.78 is 14.7. The Kier molecular flexibility index (Phi) is 2.44.